The summed E-state index contributed by atoms with van der Waals surface area (Å²) in [5, 5.41) is 10.2. The lowest BCUT2D eigenvalue weighted by Crippen LogP contribution is -2.49. The van der Waals surface area contributed by atoms with Gasteiger partial charge in [0.05, 0.1) is 19.3 Å². The minimum Gasteiger partial charge on any atom is -0.377 e. The van der Waals surface area contributed by atoms with Gasteiger partial charge in [0.1, 0.15) is 11.0 Å². The lowest BCUT2D eigenvalue weighted by molar-refractivity contribution is -0.136. The Morgan fingerprint density at radius 3 is 3.04 bits per heavy atom. The number of carbonyl (C=O) groups excluding carboxylic acids is 2. The van der Waals surface area contributed by atoms with Crippen molar-refractivity contribution >= 4 is 28.5 Å². The Balaban J connectivity index is 1.65. The molecule has 1 atom stereocenters. The second-order valence-electron chi connectivity index (χ2n) is 5.18. The Bertz CT molecular complexity index is 742. The fraction of sp³-hybridized carbons (Fsp3) is 0.333. The van der Waals surface area contributed by atoms with Gasteiger partial charge in [-0.25, -0.2) is 4.63 Å². The highest BCUT2D eigenvalue weighted by molar-refractivity contribution is 5.94. The molecule has 0 radical (unpaired) electrons. The molecule has 0 aliphatic carbocycles. The number of nitrogens with one attached hydrogen (secondary N) is 1. The summed E-state index contributed by atoms with van der Waals surface area (Å²) in [6.45, 7) is 4.74. The topological polar surface area (TPSA) is 97.6 Å². The van der Waals surface area contributed by atoms with Gasteiger partial charge in [0, 0.05) is 18.7 Å². The van der Waals surface area contributed by atoms with E-state index in [4.69, 9.17) is 4.74 Å². The monoisotopic (exact) mass is 316 g/mol. The van der Waals surface area contributed by atoms with Crippen LogP contribution in [0.25, 0.3) is 11.0 Å². The minimum absolute atomic E-state index is 0.148. The highest BCUT2D eigenvalue weighted by Gasteiger charge is 2.27. The van der Waals surface area contributed by atoms with Crippen LogP contribution in [-0.2, 0) is 14.3 Å². The molecule has 1 fully saturated rings. The zero-order valence-corrected chi connectivity index (χ0v) is 12.4. The first kappa shape index (κ1) is 15.2. The molecule has 3 rings (SSSR count). The second-order valence-corrected chi connectivity index (χ2v) is 5.18. The van der Waals surface area contributed by atoms with E-state index in [1.165, 1.54) is 6.08 Å². The van der Waals surface area contributed by atoms with E-state index in [9.17, 15) is 9.59 Å². The van der Waals surface area contributed by atoms with Crippen LogP contribution in [0.1, 0.15) is 6.42 Å². The summed E-state index contributed by atoms with van der Waals surface area (Å²) >= 11 is 0. The molecule has 2 aromatic rings. The van der Waals surface area contributed by atoms with Gasteiger partial charge in [-0.05, 0) is 34.6 Å². The van der Waals surface area contributed by atoms with E-state index in [0.29, 0.717) is 36.5 Å². The number of nitrogens with zero attached hydrogens (tertiary/aromatic N) is 3. The first-order chi connectivity index (χ1) is 11.2. The van der Waals surface area contributed by atoms with Crippen LogP contribution in [0.5, 0.6) is 0 Å². The number of ether oxygens (including phenoxy) is 1. The molecule has 2 heterocycles. The van der Waals surface area contributed by atoms with Crippen molar-refractivity contribution in [3.8, 4) is 0 Å². The molecule has 8 nitrogen and oxygen atoms in total. The van der Waals surface area contributed by atoms with Gasteiger partial charge in [-0.2, -0.15) is 0 Å². The number of amides is 2. The SMILES string of the molecule is C=CC(=O)N1CCOCC1CC(=O)Nc1ccc2nonc2c1. The van der Waals surface area contributed by atoms with Crippen molar-refractivity contribution in [3.05, 3.63) is 30.9 Å². The van der Waals surface area contributed by atoms with Gasteiger partial charge in [0.15, 0.2) is 0 Å². The maximum absolute atomic E-state index is 12.2. The van der Waals surface area contributed by atoms with Gasteiger partial charge in [0.2, 0.25) is 11.8 Å². The molecule has 0 bridgehead atoms. The fourth-order valence-corrected chi connectivity index (χ4v) is 2.52. The minimum atomic E-state index is -0.299. The number of anilines is 1. The summed E-state index contributed by atoms with van der Waals surface area (Å²) < 4.78 is 9.98. The third-order valence-corrected chi connectivity index (χ3v) is 3.64. The van der Waals surface area contributed by atoms with E-state index < -0.39 is 0 Å². The van der Waals surface area contributed by atoms with Gasteiger partial charge in [-0.3, -0.25) is 9.59 Å². The molecule has 0 spiro atoms. The van der Waals surface area contributed by atoms with Crippen LogP contribution >= 0.6 is 0 Å². The molecular weight excluding hydrogens is 300 g/mol. The van der Waals surface area contributed by atoms with Crippen LogP contribution in [0.15, 0.2) is 35.5 Å². The summed E-state index contributed by atoms with van der Waals surface area (Å²) in [5.41, 5.74) is 1.77. The van der Waals surface area contributed by atoms with Crippen LogP contribution in [0.4, 0.5) is 5.69 Å². The number of carbonyl (C=O) groups is 2. The molecule has 23 heavy (non-hydrogen) atoms. The highest BCUT2D eigenvalue weighted by Crippen LogP contribution is 2.17. The third kappa shape index (κ3) is 3.37. The molecule has 120 valence electrons. The molecule has 2 amide bonds. The molecule has 1 aliphatic rings. The lowest BCUT2D eigenvalue weighted by Gasteiger charge is -2.34. The Hall–Kier alpha value is -2.74. The van der Waals surface area contributed by atoms with Gasteiger partial charge in [-0.1, -0.05) is 6.58 Å². The second kappa shape index (κ2) is 6.57. The van der Waals surface area contributed by atoms with Crippen molar-refractivity contribution in [2.24, 2.45) is 0 Å². The largest absolute Gasteiger partial charge is 0.377 e. The van der Waals surface area contributed by atoms with Crippen molar-refractivity contribution in [1.82, 2.24) is 15.2 Å². The van der Waals surface area contributed by atoms with Crippen LogP contribution in [0, 0.1) is 0 Å². The van der Waals surface area contributed by atoms with E-state index in [0.717, 1.165) is 0 Å². The van der Waals surface area contributed by atoms with Gasteiger partial charge < -0.3 is 15.0 Å². The summed E-state index contributed by atoms with van der Waals surface area (Å²) in [6, 6.07) is 4.80. The maximum Gasteiger partial charge on any atom is 0.246 e. The zero-order valence-electron chi connectivity index (χ0n) is 12.4. The zero-order chi connectivity index (χ0) is 16.2. The molecular formula is C15H16N4O4. The van der Waals surface area contributed by atoms with Crippen LogP contribution in [0.3, 0.4) is 0 Å². The molecule has 1 saturated heterocycles. The normalized spacial score (nSPS) is 17.9. The number of benzene rings is 1. The summed E-state index contributed by atoms with van der Waals surface area (Å²) in [4.78, 5) is 25.7. The number of fused-ring (bicyclic) bond motifs is 1. The standard InChI is InChI=1S/C15H16N4O4/c1-2-15(21)19-5-6-22-9-11(19)8-14(20)16-10-3-4-12-13(7-10)18-23-17-12/h2-4,7,11H,1,5-6,8-9H2,(H,16,20). The number of rotatable bonds is 4. The maximum atomic E-state index is 12.2. The van der Waals surface area contributed by atoms with Crippen molar-refractivity contribution in [3.63, 3.8) is 0 Å². The average Bonchev–Trinajstić information content (AvgIpc) is 3.02. The van der Waals surface area contributed by atoms with Gasteiger partial charge in [0.25, 0.3) is 0 Å². The number of aromatic nitrogens is 2. The Morgan fingerprint density at radius 2 is 2.22 bits per heavy atom. The highest BCUT2D eigenvalue weighted by atomic mass is 16.6. The number of morpholine rings is 1. The third-order valence-electron chi connectivity index (χ3n) is 3.64. The predicted molar refractivity (Wildman–Crippen MR) is 81.6 cm³/mol. The van der Waals surface area contributed by atoms with E-state index in [2.05, 4.69) is 26.8 Å². The molecule has 1 N–H and O–H groups in total. The fourth-order valence-electron chi connectivity index (χ4n) is 2.52. The van der Waals surface area contributed by atoms with Gasteiger partial charge in [-0.15, -0.1) is 0 Å². The Morgan fingerprint density at radius 1 is 1.39 bits per heavy atom. The summed E-state index contributed by atoms with van der Waals surface area (Å²) in [6.07, 6.45) is 1.40. The van der Waals surface area contributed by atoms with Crippen LogP contribution in [0.2, 0.25) is 0 Å². The molecule has 0 saturated carbocycles. The number of hydrogen-bond donors (Lipinski definition) is 1. The first-order valence-corrected chi connectivity index (χ1v) is 7.20. The first-order valence-electron chi connectivity index (χ1n) is 7.20. The summed E-state index contributed by atoms with van der Waals surface area (Å²) in [5.74, 6) is -0.403. The predicted octanol–water partition coefficient (Wildman–Crippen LogP) is 0.965. The van der Waals surface area contributed by atoms with E-state index in [-0.39, 0.29) is 24.3 Å². The van der Waals surface area contributed by atoms with Crippen molar-refractivity contribution in [2.45, 2.75) is 12.5 Å². The Kier molecular flexibility index (Phi) is 4.33. The quantitative estimate of drug-likeness (QED) is 0.844. The van der Waals surface area contributed by atoms with Gasteiger partial charge >= 0.3 is 0 Å². The molecule has 1 aliphatic heterocycles. The van der Waals surface area contributed by atoms with E-state index in [1.54, 1.807) is 23.1 Å². The smallest absolute Gasteiger partial charge is 0.246 e. The van der Waals surface area contributed by atoms with Crippen molar-refractivity contribution in [1.29, 1.82) is 0 Å². The molecule has 8 heteroatoms. The van der Waals surface area contributed by atoms with Crippen molar-refractivity contribution < 1.29 is 19.0 Å². The number of hydrogen-bond acceptors (Lipinski definition) is 6. The average molecular weight is 316 g/mol. The molecule has 1 aromatic carbocycles. The molecule has 1 unspecified atom stereocenters. The van der Waals surface area contributed by atoms with E-state index in [1.807, 2.05) is 0 Å². The summed E-state index contributed by atoms with van der Waals surface area (Å²) in [7, 11) is 0. The van der Waals surface area contributed by atoms with Crippen molar-refractivity contribution in [2.75, 3.05) is 25.1 Å². The van der Waals surface area contributed by atoms with Crippen LogP contribution in [-0.4, -0.2) is 52.8 Å². The Labute approximate surface area is 132 Å². The van der Waals surface area contributed by atoms with Crippen LogP contribution < -0.4 is 5.32 Å². The molecule has 1 aromatic heterocycles. The van der Waals surface area contributed by atoms with E-state index >= 15 is 0 Å². The lowest BCUT2D eigenvalue weighted by atomic mass is 10.1.